The number of nitrogens with zero attached hydrogens (tertiary/aromatic N) is 2. The smallest absolute Gasteiger partial charge is 0.418 e. The number of halogens is 1. The van der Waals surface area contributed by atoms with Gasteiger partial charge in [0.1, 0.15) is 12.2 Å². The predicted octanol–water partition coefficient (Wildman–Crippen LogP) is 3.95. The second-order valence-electron chi connectivity index (χ2n) is 7.21. The van der Waals surface area contributed by atoms with Gasteiger partial charge < -0.3 is 9.47 Å². The van der Waals surface area contributed by atoms with E-state index in [0.717, 1.165) is 15.4 Å². The maximum atomic E-state index is 15.1. The van der Waals surface area contributed by atoms with E-state index < -0.39 is 23.5 Å². The summed E-state index contributed by atoms with van der Waals surface area (Å²) >= 11 is 0. The minimum absolute atomic E-state index is 0.0430. The van der Waals surface area contributed by atoms with E-state index in [1.807, 2.05) is 30.3 Å². The van der Waals surface area contributed by atoms with Gasteiger partial charge in [0.2, 0.25) is 0 Å². The third-order valence-corrected chi connectivity index (χ3v) is 3.88. The summed E-state index contributed by atoms with van der Waals surface area (Å²) in [5.74, 6) is 0. The van der Waals surface area contributed by atoms with Crippen molar-refractivity contribution in [2.75, 3.05) is 6.54 Å². The van der Waals surface area contributed by atoms with Crippen LogP contribution >= 0.6 is 0 Å². The second-order valence-corrected chi connectivity index (χ2v) is 7.21. The van der Waals surface area contributed by atoms with E-state index in [-0.39, 0.29) is 18.8 Å². The maximum Gasteiger partial charge on any atom is 0.418 e. The molecular formula is C19H21FN2O4. The number of amides is 2. The highest BCUT2D eigenvalue weighted by atomic mass is 19.1. The van der Waals surface area contributed by atoms with Crippen LogP contribution < -0.4 is 0 Å². The summed E-state index contributed by atoms with van der Waals surface area (Å²) in [5.41, 5.74) is -1.75. The van der Waals surface area contributed by atoms with Crippen LogP contribution in [0.2, 0.25) is 0 Å². The van der Waals surface area contributed by atoms with Crippen LogP contribution in [-0.2, 0) is 16.1 Å². The average molecular weight is 360 g/mol. The minimum Gasteiger partial charge on any atom is -0.444 e. The molecule has 0 radical (unpaired) electrons. The molecule has 0 aliphatic carbocycles. The molecule has 2 aliphatic rings. The first-order valence-electron chi connectivity index (χ1n) is 8.28. The summed E-state index contributed by atoms with van der Waals surface area (Å²) in [6.07, 6.45) is 2.49. The predicted molar refractivity (Wildman–Crippen MR) is 92.5 cm³/mol. The van der Waals surface area contributed by atoms with Crippen molar-refractivity contribution in [2.24, 2.45) is 0 Å². The van der Waals surface area contributed by atoms with Gasteiger partial charge in [-0.2, -0.15) is 0 Å². The molecule has 0 saturated heterocycles. The van der Waals surface area contributed by atoms with Crippen molar-refractivity contribution in [3.05, 3.63) is 60.1 Å². The topological polar surface area (TPSA) is 59.1 Å². The van der Waals surface area contributed by atoms with Crippen LogP contribution in [0.25, 0.3) is 0 Å². The standard InChI is InChI=1S/C19H21FN2O4/c1-18(2,3)26-16(23)21-11-15-19(20,13-21)9-10-22(15)17(24)25-12-14-7-5-4-6-8-14/h4-11H,12-13H2,1-3H3. The Morgan fingerprint density at radius 2 is 1.88 bits per heavy atom. The van der Waals surface area contributed by atoms with Crippen LogP contribution in [0.3, 0.4) is 0 Å². The van der Waals surface area contributed by atoms with Gasteiger partial charge in [0.15, 0.2) is 5.67 Å². The Labute approximate surface area is 151 Å². The van der Waals surface area contributed by atoms with E-state index >= 15 is 4.39 Å². The van der Waals surface area contributed by atoms with Crippen molar-refractivity contribution >= 4 is 12.2 Å². The maximum absolute atomic E-state index is 15.1. The number of benzene rings is 1. The van der Waals surface area contributed by atoms with Crippen LogP contribution in [-0.4, -0.2) is 39.8 Å². The van der Waals surface area contributed by atoms with Crippen LogP contribution in [0.15, 0.2) is 54.5 Å². The fourth-order valence-electron chi connectivity index (χ4n) is 2.69. The number of hydrogen-bond donors (Lipinski definition) is 0. The van der Waals surface area contributed by atoms with Gasteiger partial charge >= 0.3 is 12.2 Å². The molecule has 0 spiro atoms. The molecule has 2 amide bonds. The van der Waals surface area contributed by atoms with Gasteiger partial charge in [-0.15, -0.1) is 0 Å². The number of carbonyl (C=O) groups excluding carboxylic acids is 2. The zero-order chi connectivity index (χ0) is 18.9. The highest BCUT2D eigenvalue weighted by Gasteiger charge is 2.49. The molecule has 2 heterocycles. The number of hydrogen-bond acceptors (Lipinski definition) is 4. The molecule has 0 bridgehead atoms. The number of carbonyl (C=O) groups is 2. The Hall–Kier alpha value is -2.83. The minimum atomic E-state index is -1.93. The molecule has 0 saturated carbocycles. The summed E-state index contributed by atoms with van der Waals surface area (Å²) in [5, 5.41) is 0. The van der Waals surface area contributed by atoms with E-state index in [4.69, 9.17) is 9.47 Å². The van der Waals surface area contributed by atoms with Gasteiger partial charge in [0.25, 0.3) is 0 Å². The van der Waals surface area contributed by atoms with E-state index in [1.54, 1.807) is 20.8 Å². The molecule has 26 heavy (non-hydrogen) atoms. The highest BCUT2D eigenvalue weighted by molar-refractivity contribution is 5.76. The Balaban J connectivity index is 1.68. The Bertz CT molecular complexity index is 769. The Morgan fingerprint density at radius 1 is 1.19 bits per heavy atom. The third kappa shape index (κ3) is 3.71. The summed E-state index contributed by atoms with van der Waals surface area (Å²) in [7, 11) is 0. The van der Waals surface area contributed by atoms with E-state index in [9.17, 15) is 9.59 Å². The van der Waals surface area contributed by atoms with E-state index in [2.05, 4.69) is 0 Å². The van der Waals surface area contributed by atoms with E-state index in [1.165, 1.54) is 18.5 Å². The Kier molecular flexibility index (Phi) is 4.48. The number of rotatable bonds is 2. The molecule has 0 fully saturated rings. The van der Waals surface area contributed by atoms with Gasteiger partial charge in [-0.25, -0.2) is 14.0 Å². The zero-order valence-corrected chi connectivity index (χ0v) is 14.9. The summed E-state index contributed by atoms with van der Waals surface area (Å²) in [6, 6.07) is 9.19. The first-order chi connectivity index (χ1) is 12.2. The number of ether oxygens (including phenoxy) is 2. The van der Waals surface area contributed by atoms with Crippen molar-refractivity contribution in [1.82, 2.24) is 9.80 Å². The molecule has 1 atom stereocenters. The van der Waals surface area contributed by atoms with E-state index in [0.29, 0.717) is 0 Å². The lowest BCUT2D eigenvalue weighted by molar-refractivity contribution is 0.0314. The van der Waals surface area contributed by atoms with Crippen molar-refractivity contribution in [2.45, 2.75) is 38.6 Å². The van der Waals surface area contributed by atoms with Gasteiger partial charge in [0.05, 0.1) is 12.2 Å². The Morgan fingerprint density at radius 3 is 2.54 bits per heavy atom. The molecule has 138 valence electrons. The number of alkyl halides is 1. The molecule has 1 aromatic rings. The van der Waals surface area contributed by atoms with Crippen molar-refractivity contribution in [1.29, 1.82) is 0 Å². The largest absolute Gasteiger partial charge is 0.444 e. The lowest BCUT2D eigenvalue weighted by Crippen LogP contribution is -2.37. The average Bonchev–Trinajstić information content (AvgIpc) is 3.05. The first-order valence-corrected chi connectivity index (χ1v) is 8.28. The van der Waals surface area contributed by atoms with Crippen molar-refractivity contribution in [3.63, 3.8) is 0 Å². The monoisotopic (exact) mass is 360 g/mol. The highest BCUT2D eigenvalue weighted by Crippen LogP contribution is 2.39. The summed E-state index contributed by atoms with van der Waals surface area (Å²) in [6.45, 7) is 5.02. The molecule has 6 nitrogen and oxygen atoms in total. The molecule has 0 aromatic heterocycles. The normalized spacial score (nSPS) is 21.5. The molecule has 0 N–H and O–H groups in total. The van der Waals surface area contributed by atoms with Gasteiger partial charge in [0, 0.05) is 12.4 Å². The summed E-state index contributed by atoms with van der Waals surface area (Å²) in [4.78, 5) is 26.7. The fraction of sp³-hybridized carbons (Fsp3) is 0.368. The summed E-state index contributed by atoms with van der Waals surface area (Å²) < 4.78 is 25.5. The van der Waals surface area contributed by atoms with Crippen LogP contribution in [0.4, 0.5) is 14.0 Å². The molecule has 2 aliphatic heterocycles. The molecular weight excluding hydrogens is 339 g/mol. The van der Waals surface area contributed by atoms with Crippen molar-refractivity contribution < 1.29 is 23.5 Å². The fourth-order valence-corrected chi connectivity index (χ4v) is 2.69. The molecule has 7 heteroatoms. The molecule has 3 rings (SSSR count). The zero-order valence-electron chi connectivity index (χ0n) is 14.9. The van der Waals surface area contributed by atoms with Gasteiger partial charge in [-0.05, 0) is 32.4 Å². The second kappa shape index (κ2) is 6.48. The van der Waals surface area contributed by atoms with Crippen LogP contribution in [0.5, 0.6) is 0 Å². The van der Waals surface area contributed by atoms with Crippen LogP contribution in [0, 0.1) is 0 Å². The molecule has 1 unspecified atom stereocenters. The van der Waals surface area contributed by atoms with Gasteiger partial charge in [-0.3, -0.25) is 9.80 Å². The molecule has 1 aromatic carbocycles. The first kappa shape index (κ1) is 18.0. The lowest BCUT2D eigenvalue weighted by atomic mass is 10.1. The van der Waals surface area contributed by atoms with Crippen LogP contribution in [0.1, 0.15) is 26.3 Å². The third-order valence-electron chi connectivity index (χ3n) is 3.88. The number of fused-ring (bicyclic) bond motifs is 1. The lowest BCUT2D eigenvalue weighted by Gasteiger charge is -2.24. The SMILES string of the molecule is CC(C)(C)OC(=O)N1C=C2N(C(=O)OCc3ccccc3)C=CC2(F)C1. The quantitative estimate of drug-likeness (QED) is 0.801. The van der Waals surface area contributed by atoms with Crippen molar-refractivity contribution in [3.8, 4) is 0 Å². The van der Waals surface area contributed by atoms with Gasteiger partial charge in [-0.1, -0.05) is 30.3 Å².